The largest absolute Gasteiger partial charge is 0.264 e. The molecule has 1 spiro atoms. The maximum absolute atomic E-state index is 5.13. The molecule has 0 radical (unpaired) electrons. The summed E-state index contributed by atoms with van der Waals surface area (Å²) in [5.74, 6) is 0. The third kappa shape index (κ3) is 4.94. The van der Waals surface area contributed by atoms with Crippen molar-refractivity contribution in [3.63, 3.8) is 0 Å². The monoisotopic (exact) mass is 617 g/mol. The highest BCUT2D eigenvalue weighted by atomic mass is 14.7. The first-order chi connectivity index (χ1) is 23.7. The molecule has 0 atom stereocenters. The lowest BCUT2D eigenvalue weighted by Gasteiger charge is -2.36. The van der Waals surface area contributed by atoms with E-state index in [-0.39, 0.29) is 5.41 Å². The SMILES string of the molecule is c1cncc(-c2cc(-c3cccnc3)nc(-c3cccc(-c4cccc(-c5ccc6c(c5)C5(CCCCC5)c5ccccc5-6)c4)c3)c2)c1. The topological polar surface area (TPSA) is 38.7 Å². The Bertz CT molecular complexity index is 2210. The van der Waals surface area contributed by atoms with Crippen LogP contribution >= 0.6 is 0 Å². The van der Waals surface area contributed by atoms with Gasteiger partial charge in [-0.1, -0.05) is 98.1 Å². The predicted molar refractivity (Wildman–Crippen MR) is 196 cm³/mol. The van der Waals surface area contributed by atoms with Gasteiger partial charge in [0.15, 0.2) is 0 Å². The second-order valence-corrected chi connectivity index (χ2v) is 13.2. The molecule has 0 aliphatic heterocycles. The minimum atomic E-state index is 0.151. The normalized spacial score (nSPS) is 14.4. The van der Waals surface area contributed by atoms with Crippen molar-refractivity contribution in [1.29, 1.82) is 0 Å². The van der Waals surface area contributed by atoms with E-state index >= 15 is 0 Å². The van der Waals surface area contributed by atoms with Gasteiger partial charge in [-0.25, -0.2) is 4.98 Å². The summed E-state index contributed by atoms with van der Waals surface area (Å²) in [6, 6.07) is 46.5. The third-order valence-corrected chi connectivity index (χ3v) is 10.4. The molecule has 0 amide bonds. The van der Waals surface area contributed by atoms with Gasteiger partial charge in [0.05, 0.1) is 11.4 Å². The second-order valence-electron chi connectivity index (χ2n) is 13.2. The van der Waals surface area contributed by atoms with Gasteiger partial charge in [0.25, 0.3) is 0 Å². The van der Waals surface area contributed by atoms with Crippen molar-refractivity contribution >= 4 is 0 Å². The Hall–Kier alpha value is -5.67. The summed E-state index contributed by atoms with van der Waals surface area (Å²) in [5, 5.41) is 0. The second kappa shape index (κ2) is 11.8. The zero-order valence-corrected chi connectivity index (χ0v) is 26.8. The van der Waals surface area contributed by atoms with Crippen molar-refractivity contribution in [1.82, 2.24) is 15.0 Å². The molecule has 0 bridgehead atoms. The van der Waals surface area contributed by atoms with Crippen molar-refractivity contribution in [3.05, 3.63) is 163 Å². The van der Waals surface area contributed by atoms with Gasteiger partial charge in [0, 0.05) is 46.9 Å². The molecule has 9 rings (SSSR count). The van der Waals surface area contributed by atoms with Crippen molar-refractivity contribution in [2.45, 2.75) is 37.5 Å². The molecular weight excluding hydrogens is 583 g/mol. The molecule has 3 heterocycles. The molecule has 3 heteroatoms. The van der Waals surface area contributed by atoms with E-state index in [0.717, 1.165) is 33.6 Å². The fraction of sp³-hybridized carbons (Fsp3) is 0.133. The van der Waals surface area contributed by atoms with Crippen molar-refractivity contribution < 1.29 is 0 Å². The summed E-state index contributed by atoms with van der Waals surface area (Å²) < 4.78 is 0. The lowest BCUT2D eigenvalue weighted by Crippen LogP contribution is -2.28. The molecule has 7 aromatic rings. The molecule has 1 saturated carbocycles. The summed E-state index contributed by atoms with van der Waals surface area (Å²) in [7, 11) is 0. The summed E-state index contributed by atoms with van der Waals surface area (Å²) in [6.07, 6.45) is 13.8. The van der Waals surface area contributed by atoms with Gasteiger partial charge in [-0.05, 0) is 111 Å². The molecule has 0 N–H and O–H groups in total. The zero-order valence-electron chi connectivity index (χ0n) is 26.8. The Morgan fingerprint density at radius 2 is 0.979 bits per heavy atom. The van der Waals surface area contributed by atoms with Gasteiger partial charge < -0.3 is 0 Å². The third-order valence-electron chi connectivity index (χ3n) is 10.4. The Morgan fingerprint density at radius 3 is 1.69 bits per heavy atom. The average molecular weight is 618 g/mol. The van der Waals surface area contributed by atoms with Gasteiger partial charge in [-0.3, -0.25) is 9.97 Å². The average Bonchev–Trinajstić information content (AvgIpc) is 3.43. The van der Waals surface area contributed by atoms with Crippen molar-refractivity contribution in [3.8, 4) is 67.0 Å². The summed E-state index contributed by atoms with van der Waals surface area (Å²) in [6.45, 7) is 0. The van der Waals surface area contributed by atoms with Crippen LogP contribution in [0.3, 0.4) is 0 Å². The number of hydrogen-bond acceptors (Lipinski definition) is 3. The van der Waals surface area contributed by atoms with E-state index in [4.69, 9.17) is 4.98 Å². The van der Waals surface area contributed by atoms with Crippen LogP contribution in [-0.2, 0) is 5.41 Å². The number of aromatic nitrogens is 3. The first kappa shape index (κ1) is 28.5. The van der Waals surface area contributed by atoms with E-state index in [0.29, 0.717) is 0 Å². The maximum atomic E-state index is 5.13. The van der Waals surface area contributed by atoms with Crippen molar-refractivity contribution in [2.75, 3.05) is 0 Å². The Balaban J connectivity index is 1.10. The molecule has 3 nitrogen and oxygen atoms in total. The molecule has 0 saturated heterocycles. The molecule has 4 aromatic carbocycles. The van der Waals surface area contributed by atoms with Crippen LogP contribution in [0.2, 0.25) is 0 Å². The van der Waals surface area contributed by atoms with Gasteiger partial charge in [0.2, 0.25) is 0 Å². The first-order valence-corrected chi connectivity index (χ1v) is 17.0. The zero-order chi connectivity index (χ0) is 31.9. The summed E-state index contributed by atoms with van der Waals surface area (Å²) in [5.41, 5.74) is 17.0. The van der Waals surface area contributed by atoms with Gasteiger partial charge in [-0.15, -0.1) is 0 Å². The van der Waals surface area contributed by atoms with Crippen LogP contribution < -0.4 is 0 Å². The minimum Gasteiger partial charge on any atom is -0.264 e. The van der Waals surface area contributed by atoms with E-state index in [2.05, 4.69) is 125 Å². The Labute approximate surface area is 282 Å². The van der Waals surface area contributed by atoms with Crippen LogP contribution in [0.15, 0.2) is 152 Å². The quantitative estimate of drug-likeness (QED) is 0.193. The minimum absolute atomic E-state index is 0.151. The standard InChI is InChI=1S/C45H35N3/c1-4-20-45(21-5-1)41-17-3-2-16-39(41)40-19-18-34(26-42(40)45)32-11-6-10-31(24-32)33-12-7-13-35(25-33)43-27-38(36-14-8-22-46-29-36)28-44(48-43)37-15-9-23-47-30-37/h2-3,6-19,22-30H,1,4-5,20-21H2. The van der Waals surface area contributed by atoms with Crippen LogP contribution in [0, 0.1) is 0 Å². The highest BCUT2D eigenvalue weighted by molar-refractivity contribution is 5.85. The molecular formula is C45H35N3. The first-order valence-electron chi connectivity index (χ1n) is 17.0. The highest BCUT2D eigenvalue weighted by Crippen LogP contribution is 2.56. The maximum Gasteiger partial charge on any atom is 0.0731 e. The number of fused-ring (bicyclic) bond motifs is 5. The number of benzene rings is 4. The molecule has 1 fully saturated rings. The predicted octanol–water partition coefficient (Wildman–Crippen LogP) is 11.4. The van der Waals surface area contributed by atoms with Crippen LogP contribution in [0.25, 0.3) is 67.0 Å². The van der Waals surface area contributed by atoms with Crippen LogP contribution in [-0.4, -0.2) is 15.0 Å². The number of rotatable bonds is 5. The molecule has 2 aliphatic rings. The Kier molecular flexibility index (Phi) is 7.04. The van der Waals surface area contributed by atoms with E-state index < -0.39 is 0 Å². The lowest BCUT2D eigenvalue weighted by molar-refractivity contribution is 0.353. The summed E-state index contributed by atoms with van der Waals surface area (Å²) >= 11 is 0. The van der Waals surface area contributed by atoms with Crippen LogP contribution in [0.4, 0.5) is 0 Å². The van der Waals surface area contributed by atoms with E-state index in [1.54, 1.807) is 12.4 Å². The molecule has 230 valence electrons. The molecule has 48 heavy (non-hydrogen) atoms. The molecule has 3 aromatic heterocycles. The number of nitrogens with zero attached hydrogens (tertiary/aromatic N) is 3. The van der Waals surface area contributed by atoms with E-state index in [1.165, 1.54) is 76.6 Å². The molecule has 2 aliphatic carbocycles. The van der Waals surface area contributed by atoms with Crippen LogP contribution in [0.1, 0.15) is 43.2 Å². The fourth-order valence-corrected chi connectivity index (χ4v) is 8.11. The summed E-state index contributed by atoms with van der Waals surface area (Å²) in [4.78, 5) is 13.9. The number of hydrogen-bond donors (Lipinski definition) is 0. The number of pyridine rings is 3. The van der Waals surface area contributed by atoms with Crippen molar-refractivity contribution in [2.24, 2.45) is 0 Å². The van der Waals surface area contributed by atoms with E-state index in [9.17, 15) is 0 Å². The Morgan fingerprint density at radius 1 is 0.396 bits per heavy atom. The molecule has 0 unspecified atom stereocenters. The van der Waals surface area contributed by atoms with Gasteiger partial charge >= 0.3 is 0 Å². The van der Waals surface area contributed by atoms with Crippen LogP contribution in [0.5, 0.6) is 0 Å². The smallest absolute Gasteiger partial charge is 0.0731 e. The van der Waals surface area contributed by atoms with E-state index in [1.807, 2.05) is 24.5 Å². The van der Waals surface area contributed by atoms with Gasteiger partial charge in [0.1, 0.15) is 0 Å². The fourth-order valence-electron chi connectivity index (χ4n) is 8.11. The lowest BCUT2D eigenvalue weighted by atomic mass is 9.67. The highest BCUT2D eigenvalue weighted by Gasteiger charge is 2.43. The van der Waals surface area contributed by atoms with Gasteiger partial charge in [-0.2, -0.15) is 0 Å².